The molecule has 26 heavy (non-hydrogen) atoms. The number of nitrogens with zero attached hydrogens (tertiary/aromatic N) is 2. The zero-order valence-electron chi connectivity index (χ0n) is 15.6. The molecule has 6 heteroatoms. The van der Waals surface area contributed by atoms with Crippen molar-refractivity contribution in [2.45, 2.75) is 51.2 Å². The molecule has 3 aliphatic rings. The van der Waals surface area contributed by atoms with Gasteiger partial charge in [-0.15, -0.1) is 0 Å². The van der Waals surface area contributed by atoms with Gasteiger partial charge in [0.2, 0.25) is 11.8 Å². The number of hydrogen-bond acceptors (Lipinski definition) is 4. The van der Waals surface area contributed by atoms with Gasteiger partial charge in [0.05, 0.1) is 6.04 Å². The zero-order valence-corrected chi connectivity index (χ0v) is 15.6. The number of fused-ring (bicyclic) bond motifs is 3. The van der Waals surface area contributed by atoms with Gasteiger partial charge in [0.1, 0.15) is 0 Å². The van der Waals surface area contributed by atoms with E-state index >= 15 is 0 Å². The molecule has 3 aliphatic heterocycles. The number of amides is 2. The summed E-state index contributed by atoms with van der Waals surface area (Å²) in [6, 6.07) is 8.57. The van der Waals surface area contributed by atoms with Crippen LogP contribution >= 0.6 is 0 Å². The summed E-state index contributed by atoms with van der Waals surface area (Å²) in [5.74, 6) is 0.665. The summed E-state index contributed by atoms with van der Waals surface area (Å²) in [6.45, 7) is 6.77. The SMILES string of the molecule is CC(=O)Nc1ccc(NC(=O)C(C)N2C[C@H]3CC4CCCN4[C@H]3C2)cc1. The molecule has 3 heterocycles. The second-order valence-corrected chi connectivity index (χ2v) is 7.97. The molecule has 0 radical (unpaired) electrons. The van der Waals surface area contributed by atoms with Gasteiger partial charge in [-0.2, -0.15) is 0 Å². The smallest absolute Gasteiger partial charge is 0.241 e. The summed E-state index contributed by atoms with van der Waals surface area (Å²) in [4.78, 5) is 28.8. The van der Waals surface area contributed by atoms with Crippen molar-refractivity contribution in [3.8, 4) is 0 Å². The zero-order chi connectivity index (χ0) is 18.3. The summed E-state index contributed by atoms with van der Waals surface area (Å²) >= 11 is 0. The summed E-state index contributed by atoms with van der Waals surface area (Å²) < 4.78 is 0. The van der Waals surface area contributed by atoms with E-state index in [-0.39, 0.29) is 17.9 Å². The number of carbonyl (C=O) groups is 2. The fraction of sp³-hybridized carbons (Fsp3) is 0.600. The van der Waals surface area contributed by atoms with Crippen LogP contribution in [0.5, 0.6) is 0 Å². The number of likely N-dealkylation sites (tertiary alicyclic amines) is 1. The molecule has 2 N–H and O–H groups in total. The second-order valence-electron chi connectivity index (χ2n) is 7.97. The van der Waals surface area contributed by atoms with E-state index in [0.717, 1.165) is 36.4 Å². The largest absolute Gasteiger partial charge is 0.326 e. The van der Waals surface area contributed by atoms with E-state index < -0.39 is 0 Å². The Balaban J connectivity index is 1.33. The van der Waals surface area contributed by atoms with Crippen molar-refractivity contribution in [1.29, 1.82) is 0 Å². The van der Waals surface area contributed by atoms with Crippen LogP contribution in [0.1, 0.15) is 33.1 Å². The molecule has 0 bridgehead atoms. The maximum atomic E-state index is 12.7. The first-order valence-corrected chi connectivity index (χ1v) is 9.69. The van der Waals surface area contributed by atoms with Crippen molar-refractivity contribution >= 4 is 23.2 Å². The van der Waals surface area contributed by atoms with Crippen molar-refractivity contribution in [2.75, 3.05) is 30.3 Å². The number of carbonyl (C=O) groups excluding carboxylic acids is 2. The van der Waals surface area contributed by atoms with Gasteiger partial charge in [0.15, 0.2) is 0 Å². The van der Waals surface area contributed by atoms with Crippen LogP contribution in [0.3, 0.4) is 0 Å². The molecule has 3 fully saturated rings. The van der Waals surface area contributed by atoms with Crippen LogP contribution in [-0.2, 0) is 9.59 Å². The highest BCUT2D eigenvalue weighted by Crippen LogP contribution is 2.41. The number of anilines is 2. The predicted octanol–water partition coefficient (Wildman–Crippen LogP) is 2.14. The number of nitrogens with one attached hydrogen (secondary N) is 2. The van der Waals surface area contributed by atoms with Crippen molar-refractivity contribution < 1.29 is 9.59 Å². The summed E-state index contributed by atoms with van der Waals surface area (Å²) in [6.07, 6.45) is 4.00. The minimum Gasteiger partial charge on any atom is -0.326 e. The maximum absolute atomic E-state index is 12.7. The van der Waals surface area contributed by atoms with Crippen LogP contribution in [0, 0.1) is 5.92 Å². The third-order valence-electron chi connectivity index (χ3n) is 6.26. The molecule has 2 unspecified atom stereocenters. The van der Waals surface area contributed by atoms with Gasteiger partial charge in [-0.25, -0.2) is 0 Å². The van der Waals surface area contributed by atoms with Gasteiger partial charge in [-0.3, -0.25) is 19.4 Å². The molecule has 4 atom stereocenters. The Morgan fingerprint density at radius 2 is 1.81 bits per heavy atom. The lowest BCUT2D eigenvalue weighted by molar-refractivity contribution is -0.120. The van der Waals surface area contributed by atoms with Crippen LogP contribution in [0.2, 0.25) is 0 Å². The van der Waals surface area contributed by atoms with Crippen LogP contribution in [0.4, 0.5) is 11.4 Å². The molecule has 6 nitrogen and oxygen atoms in total. The Kier molecular flexibility index (Phi) is 4.71. The minimum atomic E-state index is -0.128. The van der Waals surface area contributed by atoms with E-state index in [1.165, 1.54) is 32.7 Å². The molecule has 140 valence electrons. The first-order chi connectivity index (χ1) is 12.5. The van der Waals surface area contributed by atoms with Gasteiger partial charge in [-0.05, 0) is 62.9 Å². The summed E-state index contributed by atoms with van der Waals surface area (Å²) in [5.41, 5.74) is 1.49. The van der Waals surface area contributed by atoms with E-state index in [4.69, 9.17) is 0 Å². The van der Waals surface area contributed by atoms with Crippen LogP contribution < -0.4 is 10.6 Å². The topological polar surface area (TPSA) is 64.7 Å². The highest BCUT2D eigenvalue weighted by atomic mass is 16.2. The molecule has 0 aromatic heterocycles. The van der Waals surface area contributed by atoms with E-state index in [0.29, 0.717) is 6.04 Å². The van der Waals surface area contributed by atoms with Gasteiger partial charge < -0.3 is 10.6 Å². The lowest BCUT2D eigenvalue weighted by Gasteiger charge is -2.27. The molecule has 1 aromatic rings. The monoisotopic (exact) mass is 356 g/mol. The Morgan fingerprint density at radius 1 is 1.12 bits per heavy atom. The highest BCUT2D eigenvalue weighted by Gasteiger charge is 2.48. The minimum absolute atomic E-state index is 0.0372. The van der Waals surface area contributed by atoms with Crippen LogP contribution in [-0.4, -0.2) is 59.4 Å². The van der Waals surface area contributed by atoms with Crippen LogP contribution in [0.25, 0.3) is 0 Å². The average molecular weight is 356 g/mol. The van der Waals surface area contributed by atoms with Gasteiger partial charge >= 0.3 is 0 Å². The number of hydrogen-bond donors (Lipinski definition) is 2. The predicted molar refractivity (Wildman–Crippen MR) is 102 cm³/mol. The molecule has 0 saturated carbocycles. The Hall–Kier alpha value is -1.92. The quantitative estimate of drug-likeness (QED) is 0.868. The van der Waals surface area contributed by atoms with Crippen molar-refractivity contribution in [3.63, 3.8) is 0 Å². The van der Waals surface area contributed by atoms with E-state index in [9.17, 15) is 9.59 Å². The van der Waals surface area contributed by atoms with Gasteiger partial charge in [-0.1, -0.05) is 0 Å². The summed E-state index contributed by atoms with van der Waals surface area (Å²) in [5, 5.41) is 5.73. The lowest BCUT2D eigenvalue weighted by atomic mass is 10.0. The molecule has 0 spiro atoms. The third kappa shape index (κ3) is 3.35. The van der Waals surface area contributed by atoms with Gasteiger partial charge in [0, 0.05) is 43.5 Å². The van der Waals surface area contributed by atoms with E-state index in [1.807, 2.05) is 19.1 Å². The first kappa shape index (κ1) is 17.5. The number of benzene rings is 1. The number of rotatable bonds is 4. The van der Waals surface area contributed by atoms with Gasteiger partial charge in [0.25, 0.3) is 0 Å². The molecular weight excluding hydrogens is 328 g/mol. The Morgan fingerprint density at radius 3 is 2.50 bits per heavy atom. The second kappa shape index (κ2) is 7.00. The molecule has 2 amide bonds. The first-order valence-electron chi connectivity index (χ1n) is 9.69. The van der Waals surface area contributed by atoms with E-state index in [2.05, 4.69) is 20.4 Å². The molecule has 3 saturated heterocycles. The Labute approximate surface area is 154 Å². The molecular formula is C20H28N4O2. The van der Waals surface area contributed by atoms with Crippen molar-refractivity contribution in [1.82, 2.24) is 9.80 Å². The standard InChI is InChI=1S/C20H28N4O2/c1-13(20(26)22-17-7-5-16(6-8-17)21-14(2)25)23-11-15-10-18-4-3-9-24(18)19(15)12-23/h5-8,13,15,18-19H,3-4,9-12H2,1-2H3,(H,21,25)(H,22,26)/t13?,15-,18?,19+/m1/s1. The highest BCUT2D eigenvalue weighted by molar-refractivity contribution is 5.95. The van der Waals surface area contributed by atoms with Crippen molar-refractivity contribution in [2.24, 2.45) is 5.92 Å². The molecule has 4 rings (SSSR count). The normalized spacial score (nSPS) is 29.2. The summed E-state index contributed by atoms with van der Waals surface area (Å²) in [7, 11) is 0. The molecule has 0 aliphatic carbocycles. The molecule has 1 aromatic carbocycles. The Bertz CT molecular complexity index is 690. The maximum Gasteiger partial charge on any atom is 0.241 e. The van der Waals surface area contributed by atoms with Crippen molar-refractivity contribution in [3.05, 3.63) is 24.3 Å². The van der Waals surface area contributed by atoms with E-state index in [1.54, 1.807) is 12.1 Å². The fourth-order valence-electron chi connectivity index (χ4n) is 4.96. The van der Waals surface area contributed by atoms with Crippen LogP contribution in [0.15, 0.2) is 24.3 Å². The fourth-order valence-corrected chi connectivity index (χ4v) is 4.96. The average Bonchev–Trinajstić information content (AvgIpc) is 3.27. The lowest BCUT2D eigenvalue weighted by Crippen LogP contribution is -2.43. The third-order valence-corrected chi connectivity index (χ3v) is 6.26.